The lowest BCUT2D eigenvalue weighted by Gasteiger charge is -2.35. The molecule has 1 N–H and O–H groups in total. The number of nitrogens with one attached hydrogen (secondary N) is 1. The third-order valence-electron chi connectivity index (χ3n) is 4.33. The highest BCUT2D eigenvalue weighted by molar-refractivity contribution is 5.56. The maximum absolute atomic E-state index is 3.26. The second-order valence-corrected chi connectivity index (χ2v) is 5.54. The Morgan fingerprint density at radius 2 is 1.94 bits per heavy atom. The Morgan fingerprint density at radius 1 is 1.22 bits per heavy atom. The fourth-order valence-electron chi connectivity index (χ4n) is 2.89. The van der Waals surface area contributed by atoms with E-state index in [0.29, 0.717) is 0 Å². The van der Waals surface area contributed by atoms with Crippen molar-refractivity contribution in [3.8, 4) is 0 Å². The van der Waals surface area contributed by atoms with Gasteiger partial charge in [-0.05, 0) is 69.8 Å². The maximum Gasteiger partial charge on any atom is 0.0398 e. The highest BCUT2D eigenvalue weighted by Crippen LogP contribution is 2.28. The maximum atomic E-state index is 3.26. The van der Waals surface area contributed by atoms with Gasteiger partial charge < -0.3 is 10.2 Å². The van der Waals surface area contributed by atoms with Gasteiger partial charge in [-0.2, -0.15) is 0 Å². The van der Waals surface area contributed by atoms with Crippen LogP contribution in [0.15, 0.2) is 18.2 Å². The smallest absolute Gasteiger partial charge is 0.0398 e. The first-order chi connectivity index (χ1) is 8.72. The number of anilines is 1. The molecule has 0 aromatic heterocycles. The van der Waals surface area contributed by atoms with Gasteiger partial charge in [-0.1, -0.05) is 12.1 Å². The Kier molecular flexibility index (Phi) is 4.65. The van der Waals surface area contributed by atoms with Crippen molar-refractivity contribution in [3.63, 3.8) is 0 Å². The van der Waals surface area contributed by atoms with Crippen molar-refractivity contribution in [3.05, 3.63) is 29.3 Å². The molecule has 1 aliphatic heterocycles. The molecule has 0 saturated carbocycles. The molecule has 0 radical (unpaired) electrons. The Bertz CT molecular complexity index is 379. The molecular weight excluding hydrogens is 220 g/mol. The average Bonchev–Trinajstić information content (AvgIpc) is 2.40. The van der Waals surface area contributed by atoms with Crippen molar-refractivity contribution in [1.29, 1.82) is 0 Å². The third-order valence-corrected chi connectivity index (χ3v) is 4.33. The minimum Gasteiger partial charge on any atom is -0.371 e. The van der Waals surface area contributed by atoms with Crippen molar-refractivity contribution >= 4 is 5.69 Å². The number of benzene rings is 1. The van der Waals surface area contributed by atoms with Crippen LogP contribution < -0.4 is 10.2 Å². The van der Waals surface area contributed by atoms with Crippen molar-refractivity contribution in [2.75, 3.05) is 31.6 Å². The number of aryl methyl sites for hydroxylation is 1. The van der Waals surface area contributed by atoms with Gasteiger partial charge >= 0.3 is 0 Å². The second kappa shape index (κ2) is 6.24. The molecule has 1 heterocycles. The van der Waals surface area contributed by atoms with Gasteiger partial charge in [0.25, 0.3) is 0 Å². The fraction of sp³-hybridized carbons (Fsp3) is 0.625. The summed E-state index contributed by atoms with van der Waals surface area (Å²) in [4.78, 5) is 2.57. The van der Waals surface area contributed by atoms with Gasteiger partial charge in [0.1, 0.15) is 0 Å². The van der Waals surface area contributed by atoms with E-state index in [4.69, 9.17) is 0 Å². The van der Waals surface area contributed by atoms with E-state index in [1.54, 1.807) is 0 Å². The molecule has 1 aromatic rings. The third kappa shape index (κ3) is 3.05. The molecule has 1 aromatic carbocycles. The van der Waals surface area contributed by atoms with Crippen molar-refractivity contribution in [2.45, 2.75) is 33.1 Å². The fourth-order valence-corrected chi connectivity index (χ4v) is 2.89. The van der Waals surface area contributed by atoms with Gasteiger partial charge in [-0.15, -0.1) is 0 Å². The molecule has 0 unspecified atom stereocenters. The molecule has 2 nitrogen and oxygen atoms in total. The first-order valence-electron chi connectivity index (χ1n) is 7.18. The van der Waals surface area contributed by atoms with E-state index >= 15 is 0 Å². The molecule has 18 heavy (non-hydrogen) atoms. The number of hydrogen-bond donors (Lipinski definition) is 1. The summed E-state index contributed by atoms with van der Waals surface area (Å²) in [6, 6.07) is 6.67. The summed E-state index contributed by atoms with van der Waals surface area (Å²) in [5, 5.41) is 3.26. The largest absolute Gasteiger partial charge is 0.371 e. The Balaban J connectivity index is 1.95. The number of nitrogens with zero attached hydrogens (tertiary/aromatic N) is 1. The molecule has 2 rings (SSSR count). The van der Waals surface area contributed by atoms with Crippen LogP contribution in [0.1, 0.15) is 30.4 Å². The van der Waals surface area contributed by atoms with E-state index < -0.39 is 0 Å². The van der Waals surface area contributed by atoms with Crippen LogP contribution in [0.25, 0.3) is 0 Å². The van der Waals surface area contributed by atoms with Crippen molar-refractivity contribution < 1.29 is 0 Å². The summed E-state index contributed by atoms with van der Waals surface area (Å²) in [6.45, 7) is 8.06. The molecule has 0 spiro atoms. The number of rotatable bonds is 4. The highest BCUT2D eigenvalue weighted by Gasteiger charge is 2.20. The van der Waals surface area contributed by atoms with Crippen LogP contribution >= 0.6 is 0 Å². The monoisotopic (exact) mass is 246 g/mol. The van der Waals surface area contributed by atoms with Crippen molar-refractivity contribution in [1.82, 2.24) is 5.32 Å². The molecule has 2 heteroatoms. The van der Waals surface area contributed by atoms with Crippen LogP contribution in [0.5, 0.6) is 0 Å². The topological polar surface area (TPSA) is 15.3 Å². The molecule has 0 aliphatic carbocycles. The molecule has 1 fully saturated rings. The van der Waals surface area contributed by atoms with Crippen LogP contribution in [-0.2, 0) is 0 Å². The van der Waals surface area contributed by atoms with E-state index in [2.05, 4.69) is 42.3 Å². The molecule has 1 aliphatic rings. The molecular formula is C16H26N2. The molecule has 100 valence electrons. The van der Waals surface area contributed by atoms with Gasteiger partial charge in [0.05, 0.1) is 0 Å². The minimum absolute atomic E-state index is 0.916. The molecule has 1 saturated heterocycles. The summed E-state index contributed by atoms with van der Waals surface area (Å²) in [6.07, 6.45) is 4.02. The summed E-state index contributed by atoms with van der Waals surface area (Å²) in [5.74, 6) is 0.916. The number of piperidine rings is 1. The second-order valence-electron chi connectivity index (χ2n) is 5.54. The van der Waals surface area contributed by atoms with Crippen LogP contribution in [0.4, 0.5) is 5.69 Å². The molecule has 0 bridgehead atoms. The van der Waals surface area contributed by atoms with Crippen LogP contribution in [0, 0.1) is 19.8 Å². The molecule has 0 amide bonds. The highest BCUT2D eigenvalue weighted by atomic mass is 15.1. The average molecular weight is 246 g/mol. The quantitative estimate of drug-likeness (QED) is 0.878. The van der Waals surface area contributed by atoms with Crippen LogP contribution in [0.2, 0.25) is 0 Å². The Labute approximate surface area is 111 Å². The van der Waals surface area contributed by atoms with Gasteiger partial charge in [-0.25, -0.2) is 0 Å². The SMILES string of the molecule is CNCCC1CCN(c2cccc(C)c2C)CC1. The number of hydrogen-bond acceptors (Lipinski definition) is 2. The van der Waals surface area contributed by atoms with E-state index in [0.717, 1.165) is 12.5 Å². The lowest BCUT2D eigenvalue weighted by molar-refractivity contribution is 0.378. The van der Waals surface area contributed by atoms with E-state index in [1.807, 2.05) is 7.05 Å². The first kappa shape index (κ1) is 13.4. The zero-order valence-electron chi connectivity index (χ0n) is 12.0. The first-order valence-corrected chi connectivity index (χ1v) is 7.18. The normalized spacial score (nSPS) is 17.2. The predicted molar refractivity (Wildman–Crippen MR) is 79.4 cm³/mol. The van der Waals surface area contributed by atoms with Gasteiger partial charge in [0, 0.05) is 18.8 Å². The summed E-state index contributed by atoms with van der Waals surface area (Å²) < 4.78 is 0. The lowest BCUT2D eigenvalue weighted by Crippen LogP contribution is -2.35. The standard InChI is InChI=1S/C16H26N2/c1-13-5-4-6-16(14(13)2)18-11-8-15(9-12-18)7-10-17-3/h4-6,15,17H,7-12H2,1-3H3. The zero-order valence-corrected chi connectivity index (χ0v) is 12.0. The van der Waals surface area contributed by atoms with Gasteiger partial charge in [-0.3, -0.25) is 0 Å². The summed E-state index contributed by atoms with van der Waals surface area (Å²) in [7, 11) is 2.05. The van der Waals surface area contributed by atoms with E-state index in [1.165, 1.54) is 49.2 Å². The van der Waals surface area contributed by atoms with E-state index in [-0.39, 0.29) is 0 Å². The minimum atomic E-state index is 0.916. The molecule has 0 atom stereocenters. The van der Waals surface area contributed by atoms with Crippen molar-refractivity contribution in [2.24, 2.45) is 5.92 Å². The van der Waals surface area contributed by atoms with Gasteiger partial charge in [0.15, 0.2) is 0 Å². The Morgan fingerprint density at radius 3 is 2.61 bits per heavy atom. The summed E-state index contributed by atoms with van der Waals surface area (Å²) >= 11 is 0. The summed E-state index contributed by atoms with van der Waals surface area (Å²) in [5.41, 5.74) is 4.30. The van der Waals surface area contributed by atoms with E-state index in [9.17, 15) is 0 Å². The van der Waals surface area contributed by atoms with Gasteiger partial charge in [0.2, 0.25) is 0 Å². The predicted octanol–water partition coefficient (Wildman–Crippen LogP) is 3.13. The van der Waals surface area contributed by atoms with Crippen LogP contribution in [-0.4, -0.2) is 26.7 Å². The zero-order chi connectivity index (χ0) is 13.0. The van der Waals surface area contributed by atoms with Crippen LogP contribution in [0.3, 0.4) is 0 Å². The lowest BCUT2D eigenvalue weighted by atomic mass is 9.92. The Hall–Kier alpha value is -1.02.